The second kappa shape index (κ2) is 8.06. The number of ether oxygens (including phenoxy) is 1. The number of nitrogens with one attached hydrogen (secondary N) is 2. The van der Waals surface area contributed by atoms with E-state index in [0.29, 0.717) is 16.8 Å². The van der Waals surface area contributed by atoms with E-state index in [1.807, 2.05) is 69.3 Å². The van der Waals surface area contributed by atoms with Gasteiger partial charge < -0.3 is 15.4 Å². The fraction of sp³-hybridized carbons (Fsp3) is 0.200. The number of hydrogen-bond donors (Lipinski definition) is 2. The number of hydrogen-bond acceptors (Lipinski definition) is 5. The lowest BCUT2D eigenvalue weighted by molar-refractivity contribution is 0.242. The third-order valence-corrected chi connectivity index (χ3v) is 3.82. The van der Waals surface area contributed by atoms with Crippen molar-refractivity contribution in [2.75, 3.05) is 10.6 Å². The predicted molar refractivity (Wildman–Crippen MR) is 107 cm³/mol. The van der Waals surface area contributed by atoms with Crippen molar-refractivity contribution in [3.8, 4) is 5.75 Å². The lowest BCUT2D eigenvalue weighted by Crippen LogP contribution is -2.05. The summed E-state index contributed by atoms with van der Waals surface area (Å²) < 4.78 is 5.65. The molecule has 0 atom stereocenters. The molecule has 0 unspecified atom stereocenters. The third kappa shape index (κ3) is 4.86. The van der Waals surface area contributed by atoms with E-state index in [9.17, 15) is 0 Å². The van der Waals surface area contributed by atoms with Crippen molar-refractivity contribution in [2.24, 2.45) is 0 Å². The number of nitrogens with zero attached hydrogens (tertiary/aromatic N) is 2. The Morgan fingerprint density at radius 1 is 1.00 bits per heavy atom. The Hall–Kier alpha value is -2.79. The fourth-order valence-electron chi connectivity index (χ4n) is 2.41. The van der Waals surface area contributed by atoms with E-state index in [2.05, 4.69) is 20.6 Å². The molecule has 0 saturated carbocycles. The van der Waals surface area contributed by atoms with Crippen LogP contribution in [0.25, 0.3) is 0 Å². The zero-order chi connectivity index (χ0) is 18.5. The van der Waals surface area contributed by atoms with Crippen LogP contribution in [-0.2, 0) is 0 Å². The maximum absolute atomic E-state index is 6.00. The molecule has 0 amide bonds. The van der Waals surface area contributed by atoms with Crippen molar-refractivity contribution >= 4 is 34.7 Å². The van der Waals surface area contributed by atoms with Crippen LogP contribution < -0.4 is 15.4 Å². The van der Waals surface area contributed by atoms with Gasteiger partial charge in [-0.05, 0) is 74.9 Å². The number of halogens is 1. The first-order valence-corrected chi connectivity index (χ1v) is 8.77. The van der Waals surface area contributed by atoms with Crippen LogP contribution in [0.2, 0.25) is 5.02 Å². The zero-order valence-corrected chi connectivity index (χ0v) is 15.7. The van der Waals surface area contributed by atoms with Crippen LogP contribution in [0, 0.1) is 6.92 Å². The predicted octanol–water partition coefficient (Wildman–Crippen LogP) is 5.71. The average molecular weight is 369 g/mol. The lowest BCUT2D eigenvalue weighted by Gasteiger charge is -2.12. The van der Waals surface area contributed by atoms with Crippen molar-refractivity contribution < 1.29 is 4.74 Å². The highest BCUT2D eigenvalue weighted by Gasteiger charge is 2.04. The Morgan fingerprint density at radius 2 is 1.77 bits per heavy atom. The molecule has 26 heavy (non-hydrogen) atoms. The van der Waals surface area contributed by atoms with Crippen molar-refractivity contribution in [1.29, 1.82) is 0 Å². The van der Waals surface area contributed by atoms with Gasteiger partial charge >= 0.3 is 0 Å². The Labute approximate surface area is 158 Å². The van der Waals surface area contributed by atoms with Crippen LogP contribution in [-0.4, -0.2) is 16.1 Å². The normalized spacial score (nSPS) is 10.7. The molecule has 1 heterocycles. The van der Waals surface area contributed by atoms with Crippen LogP contribution in [0.15, 0.2) is 54.7 Å². The van der Waals surface area contributed by atoms with Crippen molar-refractivity contribution in [3.05, 3.63) is 65.3 Å². The molecule has 0 aliphatic carbocycles. The van der Waals surface area contributed by atoms with Gasteiger partial charge in [-0.2, -0.15) is 4.98 Å². The van der Waals surface area contributed by atoms with E-state index >= 15 is 0 Å². The standard InChI is InChI=1S/C20H21ClN4O/c1-13(2)26-17-7-5-16(6-8-17)23-20-22-11-10-19(25-20)24-18-9-4-15(21)12-14(18)3/h4-13H,1-3H3,(H2,22,23,24,25). The number of rotatable bonds is 6. The molecule has 0 aliphatic heterocycles. The minimum atomic E-state index is 0.149. The van der Waals surface area contributed by atoms with E-state index in [1.165, 1.54) is 0 Å². The van der Waals surface area contributed by atoms with Crippen LogP contribution in [0.4, 0.5) is 23.1 Å². The van der Waals surface area contributed by atoms with Gasteiger partial charge in [0.15, 0.2) is 0 Å². The van der Waals surface area contributed by atoms with Crippen molar-refractivity contribution in [1.82, 2.24) is 9.97 Å². The molecule has 2 aromatic carbocycles. The second-order valence-corrected chi connectivity index (χ2v) is 6.60. The van der Waals surface area contributed by atoms with Crippen LogP contribution in [0.5, 0.6) is 5.75 Å². The van der Waals surface area contributed by atoms with Gasteiger partial charge in [0, 0.05) is 22.6 Å². The first-order chi connectivity index (χ1) is 12.5. The molecule has 0 saturated heterocycles. The van der Waals surface area contributed by atoms with Gasteiger partial charge in [0.25, 0.3) is 0 Å². The van der Waals surface area contributed by atoms with Gasteiger partial charge in [-0.3, -0.25) is 0 Å². The number of aryl methyl sites for hydroxylation is 1. The van der Waals surface area contributed by atoms with E-state index < -0.39 is 0 Å². The lowest BCUT2D eigenvalue weighted by atomic mass is 10.2. The number of benzene rings is 2. The minimum Gasteiger partial charge on any atom is -0.491 e. The molecule has 3 rings (SSSR count). The average Bonchev–Trinajstić information content (AvgIpc) is 2.59. The summed E-state index contributed by atoms with van der Waals surface area (Å²) in [6, 6.07) is 15.2. The molecule has 134 valence electrons. The summed E-state index contributed by atoms with van der Waals surface area (Å²) in [5.41, 5.74) is 2.89. The molecule has 2 N–H and O–H groups in total. The smallest absolute Gasteiger partial charge is 0.229 e. The maximum atomic E-state index is 6.00. The summed E-state index contributed by atoms with van der Waals surface area (Å²) >= 11 is 6.00. The van der Waals surface area contributed by atoms with Crippen molar-refractivity contribution in [3.63, 3.8) is 0 Å². The van der Waals surface area contributed by atoms with Gasteiger partial charge in [0.1, 0.15) is 11.6 Å². The molecule has 0 aliphatic rings. The van der Waals surface area contributed by atoms with Gasteiger partial charge in [-0.1, -0.05) is 11.6 Å². The van der Waals surface area contributed by atoms with E-state index in [-0.39, 0.29) is 6.10 Å². The van der Waals surface area contributed by atoms with Crippen molar-refractivity contribution in [2.45, 2.75) is 26.9 Å². The third-order valence-electron chi connectivity index (χ3n) is 3.59. The molecule has 0 fully saturated rings. The highest BCUT2D eigenvalue weighted by Crippen LogP contribution is 2.24. The molecule has 1 aromatic heterocycles. The van der Waals surface area contributed by atoms with Gasteiger partial charge in [-0.15, -0.1) is 0 Å². The van der Waals surface area contributed by atoms with Gasteiger partial charge in [0.05, 0.1) is 6.10 Å². The first kappa shape index (κ1) is 18.0. The van der Waals surface area contributed by atoms with E-state index in [4.69, 9.17) is 16.3 Å². The summed E-state index contributed by atoms with van der Waals surface area (Å²) in [7, 11) is 0. The Kier molecular flexibility index (Phi) is 5.58. The van der Waals surface area contributed by atoms with Gasteiger partial charge in [-0.25, -0.2) is 4.98 Å². The number of anilines is 4. The molecule has 0 spiro atoms. The molecule has 3 aromatic rings. The Bertz CT molecular complexity index is 881. The Balaban J connectivity index is 1.71. The maximum Gasteiger partial charge on any atom is 0.229 e. The van der Waals surface area contributed by atoms with Crippen LogP contribution in [0.3, 0.4) is 0 Å². The highest BCUT2D eigenvalue weighted by molar-refractivity contribution is 6.30. The fourth-order valence-corrected chi connectivity index (χ4v) is 2.64. The highest BCUT2D eigenvalue weighted by atomic mass is 35.5. The monoisotopic (exact) mass is 368 g/mol. The molecule has 5 nitrogen and oxygen atoms in total. The largest absolute Gasteiger partial charge is 0.491 e. The summed E-state index contributed by atoms with van der Waals surface area (Å²) in [5, 5.41) is 7.19. The number of aromatic nitrogens is 2. The van der Waals surface area contributed by atoms with E-state index in [0.717, 1.165) is 22.7 Å². The summed E-state index contributed by atoms with van der Waals surface area (Å²) in [5.74, 6) is 2.05. The van der Waals surface area contributed by atoms with Crippen LogP contribution >= 0.6 is 11.6 Å². The molecular weight excluding hydrogens is 348 g/mol. The van der Waals surface area contributed by atoms with Gasteiger partial charge in [0.2, 0.25) is 5.95 Å². The second-order valence-electron chi connectivity index (χ2n) is 6.17. The SMILES string of the molecule is Cc1cc(Cl)ccc1Nc1ccnc(Nc2ccc(OC(C)C)cc2)n1. The topological polar surface area (TPSA) is 59.1 Å². The quantitative estimate of drug-likeness (QED) is 0.583. The summed E-state index contributed by atoms with van der Waals surface area (Å²) in [4.78, 5) is 8.77. The minimum absolute atomic E-state index is 0.149. The summed E-state index contributed by atoms with van der Waals surface area (Å²) in [6.45, 7) is 6.00. The van der Waals surface area contributed by atoms with E-state index in [1.54, 1.807) is 6.20 Å². The molecular formula is C20H21ClN4O. The summed E-state index contributed by atoms with van der Waals surface area (Å²) in [6.07, 6.45) is 1.86. The van der Waals surface area contributed by atoms with Crippen LogP contribution in [0.1, 0.15) is 19.4 Å². The molecule has 0 radical (unpaired) electrons. The molecule has 6 heteroatoms. The zero-order valence-electron chi connectivity index (χ0n) is 15.0. The molecule has 0 bridgehead atoms. The first-order valence-electron chi connectivity index (χ1n) is 8.39. The Morgan fingerprint density at radius 3 is 2.46 bits per heavy atom.